The third-order valence-electron chi connectivity index (χ3n) is 6.67. The highest BCUT2D eigenvalue weighted by atomic mass is 16.5. The van der Waals surface area contributed by atoms with Gasteiger partial charge in [0, 0.05) is 0 Å². The summed E-state index contributed by atoms with van der Waals surface area (Å²) >= 11 is 0. The lowest BCUT2D eigenvalue weighted by Crippen LogP contribution is -3.41. The number of Topliss-reactive ketones (excluding diaryl/α,β-unsaturated/α-hetero) is 1. The van der Waals surface area contributed by atoms with Crippen molar-refractivity contribution in [2.45, 2.75) is 39.3 Å². The summed E-state index contributed by atoms with van der Waals surface area (Å²) in [5, 5.41) is 0. The van der Waals surface area contributed by atoms with Gasteiger partial charge in [-0.1, -0.05) is 19.8 Å². The lowest BCUT2D eigenvalue weighted by molar-refractivity contribution is -1.18. The first-order valence-corrected chi connectivity index (χ1v) is 9.39. The Labute approximate surface area is 144 Å². The molecule has 24 heavy (non-hydrogen) atoms. The summed E-state index contributed by atoms with van der Waals surface area (Å²) in [6.07, 6.45) is 3.92. The summed E-state index contributed by atoms with van der Waals surface area (Å²) in [4.78, 5) is 16.4. The lowest BCUT2D eigenvalue weighted by atomic mass is 9.59. The van der Waals surface area contributed by atoms with E-state index in [-0.39, 0.29) is 10.8 Å². The minimum atomic E-state index is -0.113. The minimum Gasteiger partial charge on any atom is -0.497 e. The van der Waals surface area contributed by atoms with Crippen LogP contribution in [0.2, 0.25) is 0 Å². The van der Waals surface area contributed by atoms with E-state index in [9.17, 15) is 4.79 Å². The molecule has 130 valence electrons. The predicted octanol–water partition coefficient (Wildman–Crippen LogP) is 0.256. The Bertz CT molecular complexity index is 624. The second-order valence-corrected chi connectivity index (χ2v) is 8.50. The van der Waals surface area contributed by atoms with E-state index in [2.05, 4.69) is 38.1 Å². The van der Waals surface area contributed by atoms with Crippen LogP contribution in [0.4, 0.5) is 0 Å². The minimum absolute atomic E-state index is 0.0606. The molecule has 0 radical (unpaired) electrons. The molecule has 4 nitrogen and oxygen atoms in total. The number of unbranched alkanes of at least 4 members (excludes halogenated alkanes) is 1. The normalized spacial score (nSPS) is 40.1. The van der Waals surface area contributed by atoms with Crippen molar-refractivity contribution in [2.75, 3.05) is 33.3 Å². The number of ketones is 1. The van der Waals surface area contributed by atoms with Gasteiger partial charge in [0.05, 0.1) is 25.8 Å². The van der Waals surface area contributed by atoms with Crippen molar-refractivity contribution in [1.82, 2.24) is 0 Å². The molecule has 4 aliphatic heterocycles. The fraction of sp³-hybridized carbons (Fsp3) is 0.650. The number of carbonyl (C=O) groups is 1. The van der Waals surface area contributed by atoms with E-state index >= 15 is 0 Å². The molecule has 2 N–H and O–H groups in total. The second-order valence-electron chi connectivity index (χ2n) is 8.50. The number of carbonyl (C=O) groups excluding carboxylic acids is 1. The summed E-state index contributed by atoms with van der Waals surface area (Å²) < 4.78 is 5.31. The van der Waals surface area contributed by atoms with Gasteiger partial charge in [0.15, 0.2) is 5.78 Å². The molecule has 4 saturated heterocycles. The number of quaternary nitrogens is 2. The zero-order chi connectivity index (χ0) is 16.9. The SMILES string of the molecule is CCCCC12C[NH+]3CC(C)(C[NH+](C1)C3c1ccc(OC)cc1)C2=O. The van der Waals surface area contributed by atoms with Crippen molar-refractivity contribution in [3.63, 3.8) is 0 Å². The maximum atomic E-state index is 13.2. The molecule has 4 heteroatoms. The van der Waals surface area contributed by atoms with Crippen LogP contribution in [0.3, 0.4) is 0 Å². The third-order valence-corrected chi connectivity index (χ3v) is 6.67. The maximum Gasteiger partial charge on any atom is 0.240 e. The van der Waals surface area contributed by atoms with Crippen molar-refractivity contribution in [3.05, 3.63) is 29.8 Å². The molecule has 0 spiro atoms. The van der Waals surface area contributed by atoms with E-state index in [1.165, 1.54) is 18.4 Å². The van der Waals surface area contributed by atoms with E-state index in [4.69, 9.17) is 4.74 Å². The third kappa shape index (κ3) is 2.23. The van der Waals surface area contributed by atoms with Crippen molar-refractivity contribution in [3.8, 4) is 5.75 Å². The molecule has 4 fully saturated rings. The number of piperidine rings is 2. The lowest BCUT2D eigenvalue weighted by Gasteiger charge is -2.59. The van der Waals surface area contributed by atoms with Crippen LogP contribution in [-0.4, -0.2) is 39.1 Å². The first-order valence-electron chi connectivity index (χ1n) is 9.39. The second kappa shape index (κ2) is 5.57. The number of rotatable bonds is 5. The molecule has 1 aromatic rings. The monoisotopic (exact) mass is 330 g/mol. The zero-order valence-electron chi connectivity index (χ0n) is 15.2. The molecule has 2 unspecified atom stereocenters. The van der Waals surface area contributed by atoms with Gasteiger partial charge >= 0.3 is 0 Å². The van der Waals surface area contributed by atoms with Crippen LogP contribution in [0.5, 0.6) is 5.75 Å². The average molecular weight is 330 g/mol. The topological polar surface area (TPSA) is 35.2 Å². The highest BCUT2D eigenvalue weighted by molar-refractivity contribution is 5.91. The van der Waals surface area contributed by atoms with Crippen LogP contribution in [0.1, 0.15) is 44.8 Å². The predicted molar refractivity (Wildman–Crippen MR) is 92.2 cm³/mol. The number of nitrogens with one attached hydrogen (secondary N) is 2. The van der Waals surface area contributed by atoms with Gasteiger partial charge < -0.3 is 4.74 Å². The van der Waals surface area contributed by atoms with Crippen molar-refractivity contribution in [2.24, 2.45) is 10.8 Å². The molecule has 0 aromatic heterocycles. The Balaban J connectivity index is 1.65. The van der Waals surface area contributed by atoms with Gasteiger partial charge in [0.25, 0.3) is 0 Å². The Morgan fingerprint density at radius 2 is 1.75 bits per heavy atom. The van der Waals surface area contributed by atoms with E-state index < -0.39 is 0 Å². The first kappa shape index (κ1) is 16.1. The quantitative estimate of drug-likeness (QED) is 0.812. The van der Waals surface area contributed by atoms with Gasteiger partial charge in [-0.15, -0.1) is 0 Å². The highest BCUT2D eigenvalue weighted by Crippen LogP contribution is 2.39. The molecule has 1 aromatic carbocycles. The summed E-state index contributed by atoms with van der Waals surface area (Å²) in [5.41, 5.74) is 1.22. The largest absolute Gasteiger partial charge is 0.497 e. The van der Waals surface area contributed by atoms with Crippen LogP contribution >= 0.6 is 0 Å². The maximum absolute atomic E-state index is 13.2. The van der Waals surface area contributed by atoms with Gasteiger partial charge in [-0.2, -0.15) is 0 Å². The average Bonchev–Trinajstić information content (AvgIpc) is 2.57. The smallest absolute Gasteiger partial charge is 0.240 e. The molecule has 5 rings (SSSR count). The summed E-state index contributed by atoms with van der Waals surface area (Å²) in [5.74, 6) is 1.49. The van der Waals surface area contributed by atoms with Crippen LogP contribution in [-0.2, 0) is 4.79 Å². The number of ether oxygens (including phenoxy) is 1. The molecular formula is C20H30N2O2+2. The van der Waals surface area contributed by atoms with Crippen LogP contribution in [0.15, 0.2) is 24.3 Å². The number of benzene rings is 1. The zero-order valence-corrected chi connectivity index (χ0v) is 15.2. The Morgan fingerprint density at radius 1 is 1.12 bits per heavy atom. The molecule has 0 aliphatic carbocycles. The van der Waals surface area contributed by atoms with E-state index in [0.29, 0.717) is 11.9 Å². The first-order chi connectivity index (χ1) is 11.5. The fourth-order valence-corrected chi connectivity index (χ4v) is 5.85. The fourth-order valence-electron chi connectivity index (χ4n) is 5.85. The van der Waals surface area contributed by atoms with Crippen molar-refractivity contribution >= 4 is 5.78 Å². The standard InChI is InChI=1S/C20H28N2O2/c1-4-5-10-20-13-21-11-19(2,18(20)23)12-22(14-20)17(21)15-6-8-16(24-3)9-7-15/h6-9,17H,4-5,10-14H2,1-3H3/p+2. The van der Waals surface area contributed by atoms with Crippen LogP contribution in [0, 0.1) is 10.8 Å². The summed E-state index contributed by atoms with van der Waals surface area (Å²) in [7, 11) is 1.71. The molecule has 4 heterocycles. The summed E-state index contributed by atoms with van der Waals surface area (Å²) in [6, 6.07) is 8.58. The number of methoxy groups -OCH3 is 1. The Hall–Kier alpha value is -1.39. The molecule has 0 saturated carbocycles. The molecule has 4 aliphatic rings. The van der Waals surface area contributed by atoms with E-state index in [1.807, 2.05) is 0 Å². The Kier molecular flexibility index (Phi) is 3.73. The van der Waals surface area contributed by atoms with Gasteiger partial charge in [-0.25, -0.2) is 0 Å². The van der Waals surface area contributed by atoms with Crippen molar-refractivity contribution in [1.29, 1.82) is 0 Å². The van der Waals surface area contributed by atoms with Crippen molar-refractivity contribution < 1.29 is 19.3 Å². The van der Waals surface area contributed by atoms with E-state index in [1.54, 1.807) is 16.9 Å². The molecular weight excluding hydrogens is 300 g/mol. The van der Waals surface area contributed by atoms with Gasteiger partial charge in [-0.3, -0.25) is 14.6 Å². The van der Waals surface area contributed by atoms with Gasteiger partial charge in [0.2, 0.25) is 6.17 Å². The number of hydrogen-bond acceptors (Lipinski definition) is 2. The highest BCUT2D eigenvalue weighted by Gasteiger charge is 2.69. The van der Waals surface area contributed by atoms with Gasteiger partial charge in [-0.05, 0) is 37.6 Å². The molecule has 4 bridgehead atoms. The van der Waals surface area contributed by atoms with Gasteiger partial charge in [0.1, 0.15) is 29.7 Å². The summed E-state index contributed by atoms with van der Waals surface area (Å²) in [6.45, 7) is 8.51. The van der Waals surface area contributed by atoms with Crippen LogP contribution < -0.4 is 14.5 Å². The Morgan fingerprint density at radius 3 is 2.29 bits per heavy atom. The van der Waals surface area contributed by atoms with Crippen LogP contribution in [0.25, 0.3) is 0 Å². The number of hydrogen-bond donors (Lipinski definition) is 2. The molecule has 0 amide bonds. The van der Waals surface area contributed by atoms with E-state index in [0.717, 1.165) is 38.3 Å². The molecule has 2 atom stereocenters.